The molecule has 0 aliphatic carbocycles. The zero-order chi connectivity index (χ0) is 19.8. The van der Waals surface area contributed by atoms with Gasteiger partial charge in [-0.05, 0) is 36.4 Å². The van der Waals surface area contributed by atoms with E-state index in [1.54, 1.807) is 0 Å². The van der Waals surface area contributed by atoms with Crippen LogP contribution in [0.3, 0.4) is 0 Å². The Labute approximate surface area is 150 Å². The van der Waals surface area contributed by atoms with Crippen LogP contribution in [0, 0.1) is 0 Å². The number of hydrogen-bond donors (Lipinski definition) is 0. The van der Waals surface area contributed by atoms with E-state index in [9.17, 15) is 30.6 Å². The fourth-order valence-corrected chi connectivity index (χ4v) is 3.40. The average Bonchev–Trinajstić information content (AvgIpc) is 3.11. The van der Waals surface area contributed by atoms with Crippen molar-refractivity contribution in [1.82, 2.24) is 10.1 Å². The molecular weight excluding hydrogens is 398 g/mol. The first kappa shape index (κ1) is 19.1. The summed E-state index contributed by atoms with van der Waals surface area (Å²) in [7, 11) is -2.14. The molecule has 0 fully saturated rings. The Balaban J connectivity index is 1.91. The molecular formula is C16H8F6N2O2S. The topological polar surface area (TPSA) is 56.0 Å². The first-order valence-electron chi connectivity index (χ1n) is 7.17. The van der Waals surface area contributed by atoms with E-state index in [4.69, 9.17) is 0 Å². The highest BCUT2D eigenvalue weighted by molar-refractivity contribution is 7.85. The Hall–Kier alpha value is -2.69. The van der Waals surface area contributed by atoms with Gasteiger partial charge >= 0.3 is 18.2 Å². The fraction of sp³-hybridized carbons (Fsp3) is 0.125. The smallest absolute Gasteiger partial charge is 0.329 e. The zero-order valence-corrected chi connectivity index (χ0v) is 13.8. The monoisotopic (exact) mass is 406 g/mol. The van der Waals surface area contributed by atoms with Gasteiger partial charge in [0.25, 0.3) is 0 Å². The molecule has 0 N–H and O–H groups in total. The summed E-state index contributed by atoms with van der Waals surface area (Å²) in [6, 6.07) is 9.37. The van der Waals surface area contributed by atoms with Gasteiger partial charge in [0.05, 0.1) is 21.3 Å². The van der Waals surface area contributed by atoms with Crippen molar-refractivity contribution in [3.05, 3.63) is 60.0 Å². The minimum atomic E-state index is -4.80. The highest BCUT2D eigenvalue weighted by Crippen LogP contribution is 2.35. The van der Waals surface area contributed by atoms with Crippen LogP contribution < -0.4 is 0 Å². The van der Waals surface area contributed by atoms with Crippen molar-refractivity contribution in [2.45, 2.75) is 22.1 Å². The molecule has 0 aliphatic heterocycles. The summed E-state index contributed by atoms with van der Waals surface area (Å²) in [5, 5.41) is 3.20. The molecule has 2 aromatic carbocycles. The number of rotatable bonds is 3. The Kier molecular flexibility index (Phi) is 4.81. The average molecular weight is 406 g/mol. The van der Waals surface area contributed by atoms with Crippen LogP contribution >= 0.6 is 0 Å². The Morgan fingerprint density at radius 1 is 0.852 bits per heavy atom. The maximum absolute atomic E-state index is 13.1. The maximum Gasteiger partial charge on any atom is 0.471 e. The van der Waals surface area contributed by atoms with Crippen molar-refractivity contribution < 1.29 is 35.1 Å². The van der Waals surface area contributed by atoms with Crippen LogP contribution in [0.1, 0.15) is 11.5 Å². The van der Waals surface area contributed by atoms with Crippen molar-refractivity contribution >= 4 is 10.8 Å². The number of nitrogens with zero attached hydrogens (tertiary/aromatic N) is 2. The van der Waals surface area contributed by atoms with Crippen molar-refractivity contribution in [2.75, 3.05) is 0 Å². The molecule has 0 spiro atoms. The zero-order valence-electron chi connectivity index (χ0n) is 13.0. The van der Waals surface area contributed by atoms with Gasteiger partial charge in [0.1, 0.15) is 0 Å². The van der Waals surface area contributed by atoms with E-state index in [-0.39, 0.29) is 16.3 Å². The maximum atomic E-state index is 13.1. The normalized spacial score (nSPS) is 13.6. The predicted octanol–water partition coefficient (Wildman–Crippen LogP) is 4.94. The lowest BCUT2D eigenvalue weighted by Crippen LogP contribution is -2.10. The predicted molar refractivity (Wildman–Crippen MR) is 80.9 cm³/mol. The number of aromatic nitrogens is 2. The number of alkyl halides is 6. The molecule has 3 aromatic rings. The molecule has 0 bridgehead atoms. The van der Waals surface area contributed by atoms with Crippen molar-refractivity contribution in [2.24, 2.45) is 0 Å². The molecule has 142 valence electrons. The van der Waals surface area contributed by atoms with Crippen LogP contribution in [0.5, 0.6) is 0 Å². The second-order valence-electron chi connectivity index (χ2n) is 5.21. The van der Waals surface area contributed by atoms with Crippen molar-refractivity contribution in [3.63, 3.8) is 0 Å². The lowest BCUT2D eigenvalue weighted by Gasteiger charge is -2.12. The van der Waals surface area contributed by atoms with Gasteiger partial charge in [0.15, 0.2) is 0 Å². The van der Waals surface area contributed by atoms with Crippen LogP contribution in [0.4, 0.5) is 26.3 Å². The van der Waals surface area contributed by atoms with Crippen molar-refractivity contribution in [3.8, 4) is 11.4 Å². The Morgan fingerprint density at radius 2 is 1.48 bits per heavy atom. The summed E-state index contributed by atoms with van der Waals surface area (Å²) in [6.07, 6.45) is -9.47. The van der Waals surface area contributed by atoms with Crippen LogP contribution in [-0.2, 0) is 23.2 Å². The number of hydrogen-bond acceptors (Lipinski definition) is 4. The second kappa shape index (κ2) is 6.80. The quantitative estimate of drug-likeness (QED) is 0.578. The molecule has 11 heteroatoms. The van der Waals surface area contributed by atoms with Crippen LogP contribution in [0.25, 0.3) is 11.4 Å². The van der Waals surface area contributed by atoms with Gasteiger partial charge in [0, 0.05) is 10.5 Å². The van der Waals surface area contributed by atoms with E-state index in [1.165, 1.54) is 36.4 Å². The molecule has 1 atom stereocenters. The lowest BCUT2D eigenvalue weighted by molar-refractivity contribution is -0.159. The van der Waals surface area contributed by atoms with Crippen LogP contribution in [0.15, 0.2) is 62.8 Å². The summed E-state index contributed by atoms with van der Waals surface area (Å²) in [4.78, 5) is 2.82. The first-order chi connectivity index (χ1) is 12.6. The molecule has 1 unspecified atom stereocenters. The van der Waals surface area contributed by atoms with Gasteiger partial charge in [-0.15, -0.1) is 0 Å². The van der Waals surface area contributed by atoms with Crippen LogP contribution in [0.2, 0.25) is 0 Å². The molecule has 4 nitrogen and oxygen atoms in total. The Morgan fingerprint density at radius 3 is 2.04 bits per heavy atom. The van der Waals surface area contributed by atoms with Gasteiger partial charge in [-0.2, -0.15) is 31.3 Å². The molecule has 0 amide bonds. The summed E-state index contributed by atoms with van der Waals surface area (Å²) >= 11 is 0. The second-order valence-corrected chi connectivity index (χ2v) is 6.66. The largest absolute Gasteiger partial charge is 0.471 e. The minimum Gasteiger partial charge on any atom is -0.329 e. The summed E-state index contributed by atoms with van der Waals surface area (Å²) in [5.41, 5.74) is -0.903. The molecule has 0 saturated heterocycles. The highest BCUT2D eigenvalue weighted by Gasteiger charge is 2.38. The van der Waals surface area contributed by atoms with E-state index in [2.05, 4.69) is 14.7 Å². The van der Waals surface area contributed by atoms with Gasteiger partial charge in [-0.25, -0.2) is 4.21 Å². The third-order valence-electron chi connectivity index (χ3n) is 3.39. The van der Waals surface area contributed by atoms with E-state index < -0.39 is 39.5 Å². The van der Waals surface area contributed by atoms with E-state index in [0.717, 1.165) is 12.1 Å². The SMILES string of the molecule is O=S(c1ccc(-c2noc(C(F)(F)F)n2)cc1)c1ccccc1C(F)(F)F. The third-order valence-corrected chi connectivity index (χ3v) is 4.84. The van der Waals surface area contributed by atoms with E-state index in [1.807, 2.05) is 0 Å². The molecule has 0 radical (unpaired) electrons. The number of halogens is 6. The van der Waals surface area contributed by atoms with Crippen LogP contribution in [-0.4, -0.2) is 14.3 Å². The van der Waals surface area contributed by atoms with Gasteiger partial charge in [-0.1, -0.05) is 17.3 Å². The first-order valence-corrected chi connectivity index (χ1v) is 8.31. The molecule has 27 heavy (non-hydrogen) atoms. The highest BCUT2D eigenvalue weighted by atomic mass is 32.2. The molecule has 0 saturated carbocycles. The van der Waals surface area contributed by atoms with E-state index >= 15 is 0 Å². The van der Waals surface area contributed by atoms with Gasteiger partial charge < -0.3 is 4.52 Å². The lowest BCUT2D eigenvalue weighted by atomic mass is 10.2. The molecule has 3 rings (SSSR count). The molecule has 0 aliphatic rings. The summed E-state index contributed by atoms with van der Waals surface area (Å²) in [6.45, 7) is 0. The minimum absolute atomic E-state index is 0.0370. The molecule has 1 aromatic heterocycles. The third kappa shape index (κ3) is 4.02. The summed E-state index contributed by atoms with van der Waals surface area (Å²) < 4.78 is 93.2. The van der Waals surface area contributed by atoms with E-state index in [0.29, 0.717) is 0 Å². The molecule has 1 heterocycles. The van der Waals surface area contributed by atoms with Gasteiger partial charge in [0.2, 0.25) is 5.82 Å². The van der Waals surface area contributed by atoms with Gasteiger partial charge in [-0.3, -0.25) is 0 Å². The summed E-state index contributed by atoms with van der Waals surface area (Å²) in [5.74, 6) is -1.88. The fourth-order valence-electron chi connectivity index (χ4n) is 2.17. The standard InChI is InChI=1S/C16H8F6N2O2S/c17-15(18,19)11-3-1-2-4-12(11)27(25)10-7-5-9(6-8-10)13-23-14(26-24-13)16(20,21)22/h1-8H. The van der Waals surface area contributed by atoms with Crippen molar-refractivity contribution in [1.29, 1.82) is 0 Å². The number of benzene rings is 2. The Bertz CT molecular complexity index is 980.